The molecule has 0 aliphatic carbocycles. The van der Waals surface area contributed by atoms with Gasteiger partial charge in [-0.25, -0.2) is 0 Å². The SMILES string of the molecule is CC[N+]1=C(C)C(C)(C)c2cc(CC(=O)NC[C@H]3O[C@H](OC)[C@H](O)[C@@H](O)[C@@H]3O)ccc21.[I-]. The number of nitrogens with one attached hydrogen (secondary N) is 1. The monoisotopic (exact) mass is 548 g/mol. The molecule has 1 aromatic carbocycles. The van der Waals surface area contributed by atoms with Crippen LogP contribution in [0.15, 0.2) is 18.2 Å². The number of hydrogen-bond donors (Lipinski definition) is 4. The van der Waals surface area contributed by atoms with Gasteiger partial charge in [-0.15, -0.1) is 0 Å². The largest absolute Gasteiger partial charge is 1.00 e. The lowest BCUT2D eigenvalue weighted by molar-refractivity contribution is -0.434. The zero-order valence-corrected chi connectivity index (χ0v) is 20.8. The van der Waals surface area contributed by atoms with Crippen molar-refractivity contribution in [1.82, 2.24) is 5.32 Å². The van der Waals surface area contributed by atoms with Gasteiger partial charge in [0.1, 0.15) is 31.0 Å². The number of fused-ring (bicyclic) bond motifs is 1. The number of ether oxygens (including phenoxy) is 2. The second-order valence-electron chi connectivity index (χ2n) is 8.54. The van der Waals surface area contributed by atoms with E-state index in [1.54, 1.807) is 0 Å². The Kier molecular flexibility index (Phi) is 8.62. The molecule has 0 unspecified atom stereocenters. The maximum Gasteiger partial charge on any atom is 0.224 e. The van der Waals surface area contributed by atoms with Crippen molar-refractivity contribution in [1.29, 1.82) is 0 Å². The Labute approximate surface area is 200 Å². The number of hydrogen-bond acceptors (Lipinski definition) is 6. The topological polar surface area (TPSA) is 111 Å². The van der Waals surface area contributed by atoms with Crippen molar-refractivity contribution in [3.63, 3.8) is 0 Å². The Bertz CT molecular complexity index is 841. The molecule has 1 amide bonds. The first-order valence-corrected chi connectivity index (χ1v) is 10.4. The molecule has 0 bridgehead atoms. The Morgan fingerprint density at radius 3 is 2.52 bits per heavy atom. The van der Waals surface area contributed by atoms with E-state index in [2.05, 4.69) is 49.7 Å². The summed E-state index contributed by atoms with van der Waals surface area (Å²) in [6.07, 6.45) is -5.85. The van der Waals surface area contributed by atoms with Crippen molar-refractivity contribution in [2.75, 3.05) is 20.2 Å². The fourth-order valence-electron chi connectivity index (χ4n) is 4.29. The summed E-state index contributed by atoms with van der Waals surface area (Å²) in [7, 11) is 1.34. The first-order valence-electron chi connectivity index (χ1n) is 10.4. The first kappa shape index (κ1) is 26.1. The van der Waals surface area contributed by atoms with Crippen LogP contribution >= 0.6 is 0 Å². The summed E-state index contributed by atoms with van der Waals surface area (Å²) in [5.41, 5.74) is 4.49. The smallest absolute Gasteiger partial charge is 0.224 e. The zero-order valence-electron chi connectivity index (χ0n) is 18.6. The molecule has 2 aliphatic heterocycles. The number of carbonyl (C=O) groups excluding carboxylic acids is 1. The number of amides is 1. The van der Waals surface area contributed by atoms with Gasteiger partial charge < -0.3 is 54.1 Å². The molecular weight excluding hydrogens is 515 g/mol. The molecule has 174 valence electrons. The van der Waals surface area contributed by atoms with Crippen molar-refractivity contribution in [3.8, 4) is 0 Å². The normalized spacial score (nSPS) is 29.4. The number of carbonyl (C=O) groups is 1. The van der Waals surface area contributed by atoms with Gasteiger partial charge in [0.2, 0.25) is 11.6 Å². The molecule has 8 nitrogen and oxygen atoms in total. The van der Waals surface area contributed by atoms with E-state index < -0.39 is 30.7 Å². The van der Waals surface area contributed by atoms with Gasteiger partial charge in [0, 0.05) is 32.2 Å². The van der Waals surface area contributed by atoms with Crippen molar-refractivity contribution in [2.24, 2.45) is 0 Å². The second kappa shape index (κ2) is 10.2. The van der Waals surface area contributed by atoms with Crippen LogP contribution in [0.2, 0.25) is 0 Å². The highest BCUT2D eigenvalue weighted by Gasteiger charge is 2.44. The molecule has 0 radical (unpaired) electrons. The lowest BCUT2D eigenvalue weighted by Crippen LogP contribution is -3.00. The van der Waals surface area contributed by atoms with E-state index in [-0.39, 0.29) is 48.3 Å². The molecule has 31 heavy (non-hydrogen) atoms. The van der Waals surface area contributed by atoms with E-state index in [1.807, 2.05) is 6.07 Å². The lowest BCUT2D eigenvalue weighted by Gasteiger charge is -2.39. The van der Waals surface area contributed by atoms with Gasteiger partial charge in [0.15, 0.2) is 12.0 Å². The Morgan fingerprint density at radius 1 is 1.23 bits per heavy atom. The molecule has 3 rings (SSSR count). The average molecular weight is 548 g/mol. The Balaban J connectivity index is 0.00000341. The van der Waals surface area contributed by atoms with E-state index in [0.717, 1.165) is 12.1 Å². The standard InChI is InChI=1S/C22H32N2O6.HI/c1-6-24-12(2)22(3,4)14-9-13(7-8-15(14)24)10-17(25)23-11-16-18(26)19(27)20(28)21(29-5)30-16;/h7-9,16,18-21,26-28H,6,10-11H2,1-5H3;1H/t16-,18-,19+,20-,21+;/m1./s1. The van der Waals surface area contributed by atoms with E-state index in [1.165, 1.54) is 24.1 Å². The third kappa shape index (κ3) is 4.96. The summed E-state index contributed by atoms with van der Waals surface area (Å²) in [5, 5.41) is 32.6. The number of nitrogens with zero attached hydrogens (tertiary/aromatic N) is 1. The van der Waals surface area contributed by atoms with Crippen LogP contribution < -0.4 is 29.3 Å². The minimum Gasteiger partial charge on any atom is -1.00 e. The second-order valence-corrected chi connectivity index (χ2v) is 8.54. The number of halogens is 1. The summed E-state index contributed by atoms with van der Waals surface area (Å²) in [6, 6.07) is 6.11. The van der Waals surface area contributed by atoms with Crippen molar-refractivity contribution in [2.45, 2.75) is 70.2 Å². The number of methoxy groups -OCH3 is 1. The molecular formula is C22H33IN2O6. The van der Waals surface area contributed by atoms with E-state index in [9.17, 15) is 20.1 Å². The minimum atomic E-state index is -1.41. The zero-order chi connectivity index (χ0) is 22.2. The molecule has 2 aliphatic rings. The number of aliphatic hydroxyl groups excluding tert-OH is 3. The van der Waals surface area contributed by atoms with E-state index in [4.69, 9.17) is 9.47 Å². The Hall–Kier alpha value is -1.11. The van der Waals surface area contributed by atoms with Gasteiger partial charge >= 0.3 is 0 Å². The highest BCUT2D eigenvalue weighted by atomic mass is 127. The van der Waals surface area contributed by atoms with Crippen molar-refractivity contribution >= 4 is 17.3 Å². The molecule has 1 fully saturated rings. The maximum absolute atomic E-state index is 12.5. The van der Waals surface area contributed by atoms with Crippen molar-refractivity contribution in [3.05, 3.63) is 29.3 Å². The van der Waals surface area contributed by atoms with Crippen LogP contribution in [0.25, 0.3) is 0 Å². The lowest BCUT2D eigenvalue weighted by atomic mass is 9.81. The van der Waals surface area contributed by atoms with Crippen LogP contribution in [-0.2, 0) is 26.1 Å². The van der Waals surface area contributed by atoms with E-state index in [0.29, 0.717) is 0 Å². The highest BCUT2D eigenvalue weighted by Crippen LogP contribution is 2.39. The first-order chi connectivity index (χ1) is 14.1. The summed E-state index contributed by atoms with van der Waals surface area (Å²) in [6.45, 7) is 9.54. The van der Waals surface area contributed by atoms with E-state index >= 15 is 0 Å². The summed E-state index contributed by atoms with van der Waals surface area (Å²) in [4.78, 5) is 12.5. The number of rotatable bonds is 6. The van der Waals surface area contributed by atoms with Gasteiger partial charge in [-0.3, -0.25) is 4.79 Å². The van der Waals surface area contributed by atoms with Crippen LogP contribution in [0.3, 0.4) is 0 Å². The van der Waals surface area contributed by atoms with Gasteiger partial charge in [-0.2, -0.15) is 4.58 Å². The summed E-state index contributed by atoms with van der Waals surface area (Å²) < 4.78 is 12.7. The Morgan fingerprint density at radius 2 is 1.90 bits per heavy atom. The third-order valence-electron chi connectivity index (χ3n) is 6.42. The fourth-order valence-corrected chi connectivity index (χ4v) is 4.29. The van der Waals surface area contributed by atoms with Crippen LogP contribution in [0.1, 0.15) is 38.8 Å². The molecule has 2 heterocycles. The van der Waals surface area contributed by atoms with Crippen LogP contribution in [-0.4, -0.2) is 82.4 Å². The quantitative estimate of drug-likeness (QED) is 0.226. The molecule has 0 saturated carbocycles. The number of aliphatic hydroxyl groups is 3. The number of benzene rings is 1. The van der Waals surface area contributed by atoms with Gasteiger partial charge in [0.05, 0.1) is 11.8 Å². The van der Waals surface area contributed by atoms with Gasteiger partial charge in [-0.1, -0.05) is 6.07 Å². The molecule has 5 atom stereocenters. The molecule has 4 N–H and O–H groups in total. The highest BCUT2D eigenvalue weighted by molar-refractivity contribution is 5.93. The minimum absolute atomic E-state index is 0. The van der Waals surface area contributed by atoms with Gasteiger partial charge in [-0.05, 0) is 32.4 Å². The van der Waals surface area contributed by atoms with Crippen LogP contribution in [0.4, 0.5) is 5.69 Å². The molecule has 0 spiro atoms. The predicted octanol–water partition coefficient (Wildman–Crippen LogP) is -2.78. The van der Waals surface area contributed by atoms with Crippen molar-refractivity contribution < 1.29 is 58.1 Å². The summed E-state index contributed by atoms with van der Waals surface area (Å²) >= 11 is 0. The summed E-state index contributed by atoms with van der Waals surface area (Å²) in [5.74, 6) is -0.218. The third-order valence-corrected chi connectivity index (χ3v) is 6.42. The average Bonchev–Trinajstić information content (AvgIpc) is 2.91. The molecule has 0 aromatic heterocycles. The van der Waals surface area contributed by atoms with Crippen LogP contribution in [0.5, 0.6) is 0 Å². The van der Waals surface area contributed by atoms with Crippen LogP contribution in [0, 0.1) is 0 Å². The molecule has 1 saturated heterocycles. The molecule has 9 heteroatoms. The molecule has 1 aromatic rings. The van der Waals surface area contributed by atoms with Gasteiger partial charge in [0.25, 0.3) is 0 Å². The predicted molar refractivity (Wildman–Crippen MR) is 111 cm³/mol. The maximum atomic E-state index is 12.5. The fraction of sp³-hybridized carbons (Fsp3) is 0.636.